The highest BCUT2D eigenvalue weighted by Gasteiger charge is 2.22. The van der Waals surface area contributed by atoms with Crippen molar-refractivity contribution in [2.24, 2.45) is 0 Å². The Hall–Kier alpha value is -3.83. The number of pyridine rings is 2. The fourth-order valence-electron chi connectivity index (χ4n) is 3.07. The minimum Gasteiger partial charge on any atom is -0.493 e. The van der Waals surface area contributed by atoms with Gasteiger partial charge in [0.25, 0.3) is 5.56 Å². The molecule has 0 aliphatic carbocycles. The van der Waals surface area contributed by atoms with Crippen LogP contribution in [0.15, 0.2) is 53.5 Å². The van der Waals surface area contributed by atoms with Crippen LogP contribution in [0.3, 0.4) is 0 Å². The first-order chi connectivity index (χ1) is 15.6. The molecule has 0 radical (unpaired) electrons. The summed E-state index contributed by atoms with van der Waals surface area (Å²) in [6, 6.07) is 14.6. The molecule has 1 unspecified atom stereocenters. The summed E-state index contributed by atoms with van der Waals surface area (Å²) in [5, 5.41) is 9.11. The van der Waals surface area contributed by atoms with Gasteiger partial charge in [-0.2, -0.15) is 5.26 Å². The second kappa shape index (κ2) is 9.98. The molecule has 0 spiro atoms. The largest absolute Gasteiger partial charge is 0.493 e. The number of ether oxygens (including phenoxy) is 4. The quantitative estimate of drug-likeness (QED) is 0.386. The van der Waals surface area contributed by atoms with Crippen LogP contribution < -0.4 is 19.8 Å². The zero-order chi connectivity index (χ0) is 22.3. The molecule has 164 valence electrons. The molecule has 2 aromatic heterocycles. The first-order valence-electron chi connectivity index (χ1n) is 10.3. The highest BCUT2D eigenvalue weighted by Crippen LogP contribution is 2.24. The smallest absolute Gasteiger partial charge is 0.266 e. The zero-order valence-corrected chi connectivity index (χ0v) is 17.7. The van der Waals surface area contributed by atoms with E-state index in [1.165, 1.54) is 0 Å². The molecule has 32 heavy (non-hydrogen) atoms. The van der Waals surface area contributed by atoms with Crippen LogP contribution in [-0.4, -0.2) is 42.5 Å². The number of epoxide rings is 1. The summed E-state index contributed by atoms with van der Waals surface area (Å²) in [5.74, 6) is 2.02. The van der Waals surface area contributed by atoms with Crippen molar-refractivity contribution >= 4 is 0 Å². The number of benzene rings is 1. The predicted molar refractivity (Wildman–Crippen MR) is 117 cm³/mol. The van der Waals surface area contributed by atoms with Crippen molar-refractivity contribution < 1.29 is 18.9 Å². The molecule has 1 aliphatic heterocycles. The third-order valence-corrected chi connectivity index (χ3v) is 4.87. The van der Waals surface area contributed by atoms with Crippen molar-refractivity contribution in [3.8, 4) is 34.6 Å². The maximum atomic E-state index is 11.8. The van der Waals surface area contributed by atoms with Gasteiger partial charge >= 0.3 is 0 Å². The number of nitriles is 1. The third kappa shape index (κ3) is 5.65. The van der Waals surface area contributed by atoms with Gasteiger partial charge < -0.3 is 23.9 Å². The van der Waals surface area contributed by atoms with Gasteiger partial charge in [-0.05, 0) is 48.9 Å². The summed E-state index contributed by atoms with van der Waals surface area (Å²) in [4.78, 5) is 18.7. The van der Waals surface area contributed by atoms with Gasteiger partial charge in [0.2, 0.25) is 5.88 Å². The highest BCUT2D eigenvalue weighted by atomic mass is 16.6. The van der Waals surface area contributed by atoms with Gasteiger partial charge in [0.05, 0.1) is 19.8 Å². The molecule has 1 atom stereocenters. The van der Waals surface area contributed by atoms with Crippen LogP contribution in [0.2, 0.25) is 0 Å². The Morgan fingerprint density at radius 3 is 2.56 bits per heavy atom. The Balaban J connectivity index is 1.25. The van der Waals surface area contributed by atoms with E-state index < -0.39 is 5.56 Å². The van der Waals surface area contributed by atoms with E-state index in [-0.39, 0.29) is 11.7 Å². The highest BCUT2D eigenvalue weighted by molar-refractivity contribution is 5.67. The minimum absolute atomic E-state index is 0.0681. The average molecular weight is 433 g/mol. The standard InChI is InChI=1S/C24H23N3O5/c1-16-22(11-18(13-25)24(28)27-16)17-7-8-26-23(12-17)30-10-2-9-29-19-3-5-20(6-4-19)31-14-21-15-32-21/h3-8,11-12,21H,2,9-10,14-15H2,1H3,(H,27,28). The Labute approximate surface area is 185 Å². The van der Waals surface area contributed by atoms with Gasteiger partial charge in [0.1, 0.15) is 35.8 Å². The molecule has 1 aromatic carbocycles. The van der Waals surface area contributed by atoms with Crippen molar-refractivity contribution in [3.05, 3.63) is 70.3 Å². The number of nitrogens with one attached hydrogen (secondary N) is 1. The summed E-state index contributed by atoms with van der Waals surface area (Å²) in [6.07, 6.45) is 2.55. The molecule has 1 aliphatic rings. The fraction of sp³-hybridized carbons (Fsp3) is 0.292. The number of hydrogen-bond acceptors (Lipinski definition) is 7. The lowest BCUT2D eigenvalue weighted by Gasteiger charge is -2.10. The monoisotopic (exact) mass is 433 g/mol. The van der Waals surface area contributed by atoms with Crippen LogP contribution in [-0.2, 0) is 4.74 Å². The Morgan fingerprint density at radius 1 is 1.12 bits per heavy atom. The predicted octanol–water partition coefficient (Wildman–Crippen LogP) is 3.24. The molecule has 8 heteroatoms. The van der Waals surface area contributed by atoms with Crippen molar-refractivity contribution in [1.82, 2.24) is 9.97 Å². The maximum Gasteiger partial charge on any atom is 0.266 e. The van der Waals surface area contributed by atoms with Crippen molar-refractivity contribution in [2.75, 3.05) is 26.4 Å². The number of aryl methyl sites for hydroxylation is 1. The van der Waals surface area contributed by atoms with Crippen LogP contribution in [0.25, 0.3) is 11.1 Å². The molecule has 0 saturated carbocycles. The molecule has 3 heterocycles. The van der Waals surface area contributed by atoms with Crippen LogP contribution in [0.5, 0.6) is 17.4 Å². The van der Waals surface area contributed by atoms with Gasteiger partial charge in [-0.25, -0.2) is 4.98 Å². The van der Waals surface area contributed by atoms with Gasteiger partial charge in [-0.15, -0.1) is 0 Å². The number of nitrogens with zero attached hydrogens (tertiary/aromatic N) is 2. The molecule has 1 N–H and O–H groups in total. The van der Waals surface area contributed by atoms with Crippen molar-refractivity contribution in [2.45, 2.75) is 19.4 Å². The normalized spacial score (nSPS) is 14.4. The van der Waals surface area contributed by atoms with Gasteiger partial charge in [-0.1, -0.05) is 0 Å². The molecule has 3 aromatic rings. The average Bonchev–Trinajstić information content (AvgIpc) is 3.63. The van der Waals surface area contributed by atoms with E-state index in [4.69, 9.17) is 24.2 Å². The van der Waals surface area contributed by atoms with E-state index in [1.54, 1.807) is 25.3 Å². The summed E-state index contributed by atoms with van der Waals surface area (Å²) >= 11 is 0. The SMILES string of the molecule is Cc1[nH]c(=O)c(C#N)cc1-c1ccnc(OCCCOc2ccc(OCC3CO3)cc2)c1. The molecule has 1 fully saturated rings. The second-order valence-electron chi connectivity index (χ2n) is 7.33. The Kier molecular flexibility index (Phi) is 6.68. The molecule has 4 rings (SSSR count). The maximum absolute atomic E-state index is 11.8. The first kappa shape index (κ1) is 21.4. The first-order valence-corrected chi connectivity index (χ1v) is 10.3. The molecule has 8 nitrogen and oxygen atoms in total. The van der Waals surface area contributed by atoms with Crippen LogP contribution in [0.4, 0.5) is 0 Å². The topological polar surface area (TPSA) is 110 Å². The summed E-state index contributed by atoms with van der Waals surface area (Å²) in [6.45, 7) is 4.08. The Morgan fingerprint density at radius 2 is 1.84 bits per heavy atom. The zero-order valence-electron chi connectivity index (χ0n) is 17.7. The van der Waals surface area contributed by atoms with Crippen molar-refractivity contribution in [1.29, 1.82) is 5.26 Å². The molecule has 0 bridgehead atoms. The lowest BCUT2D eigenvalue weighted by Crippen LogP contribution is -2.12. The van der Waals surface area contributed by atoms with Gasteiger partial charge in [-0.3, -0.25) is 4.79 Å². The summed E-state index contributed by atoms with van der Waals surface area (Å²) in [7, 11) is 0. The third-order valence-electron chi connectivity index (χ3n) is 4.87. The lowest BCUT2D eigenvalue weighted by atomic mass is 10.0. The second-order valence-corrected chi connectivity index (χ2v) is 7.33. The van der Waals surface area contributed by atoms with Crippen LogP contribution in [0, 0.1) is 18.3 Å². The number of hydrogen-bond donors (Lipinski definition) is 1. The minimum atomic E-state index is -0.394. The van der Waals surface area contributed by atoms with Crippen LogP contribution in [0.1, 0.15) is 17.7 Å². The summed E-state index contributed by atoms with van der Waals surface area (Å²) < 4.78 is 22.2. The molecular weight excluding hydrogens is 410 g/mol. The summed E-state index contributed by atoms with van der Waals surface area (Å²) in [5.41, 5.74) is 1.92. The van der Waals surface area contributed by atoms with E-state index in [0.29, 0.717) is 37.8 Å². The van der Waals surface area contributed by atoms with Crippen molar-refractivity contribution in [3.63, 3.8) is 0 Å². The van der Waals surface area contributed by atoms with E-state index in [1.807, 2.05) is 36.4 Å². The number of H-pyrrole nitrogens is 1. The molecule has 0 amide bonds. The van der Waals surface area contributed by atoms with E-state index >= 15 is 0 Å². The van der Waals surface area contributed by atoms with Gasteiger partial charge in [0, 0.05) is 29.9 Å². The fourth-order valence-corrected chi connectivity index (χ4v) is 3.07. The van der Waals surface area contributed by atoms with Crippen LogP contribution >= 0.6 is 0 Å². The van der Waals surface area contributed by atoms with E-state index in [9.17, 15) is 4.79 Å². The number of aromatic amines is 1. The Bertz CT molecular complexity index is 1160. The lowest BCUT2D eigenvalue weighted by molar-refractivity contribution is 0.241. The van der Waals surface area contributed by atoms with E-state index in [2.05, 4.69) is 9.97 Å². The molecule has 1 saturated heterocycles. The molecular formula is C24H23N3O5. The van der Waals surface area contributed by atoms with Gasteiger partial charge in [0.15, 0.2) is 0 Å². The number of aromatic nitrogens is 2. The number of rotatable bonds is 10. The van der Waals surface area contributed by atoms with E-state index in [0.717, 1.165) is 29.2 Å².